The molecule has 0 saturated heterocycles. The number of nitrogens with one attached hydrogen (secondary N) is 1. The first-order valence-corrected chi connectivity index (χ1v) is 10.3. The molecule has 7 nitrogen and oxygen atoms in total. The van der Waals surface area contributed by atoms with E-state index < -0.39 is 10.0 Å². The molecule has 152 valence electrons. The quantitative estimate of drug-likeness (QED) is 0.689. The average molecular weight is 406 g/mol. The summed E-state index contributed by atoms with van der Waals surface area (Å²) in [5.41, 5.74) is 1.32. The second-order valence-corrected chi connectivity index (χ2v) is 8.54. The molecule has 0 fully saturated rings. The minimum atomic E-state index is -3.93. The molecule has 28 heavy (non-hydrogen) atoms. The lowest BCUT2D eigenvalue weighted by molar-refractivity contribution is -0.119. The van der Waals surface area contributed by atoms with Gasteiger partial charge in [-0.1, -0.05) is 23.8 Å². The van der Waals surface area contributed by atoms with E-state index in [9.17, 15) is 13.2 Å². The Hall–Kier alpha value is -2.58. The standard InChI is InChI=1S/C20H27N3O4S/c1-16-8-10-19(11-9-16)28(25,26)23(15-20(24)21-12-13-22(2)3)17-6-5-7-18(14-17)27-4/h5-11,14H,12-13,15H2,1-4H3,(H,21,24). The van der Waals surface area contributed by atoms with Crippen LogP contribution in [0.2, 0.25) is 0 Å². The van der Waals surface area contributed by atoms with Crippen molar-refractivity contribution in [2.75, 3.05) is 45.1 Å². The zero-order valence-electron chi connectivity index (χ0n) is 16.7. The molecule has 0 spiro atoms. The first kappa shape index (κ1) is 21.7. The number of amides is 1. The maximum atomic E-state index is 13.3. The van der Waals surface area contributed by atoms with Crippen molar-refractivity contribution in [1.29, 1.82) is 0 Å². The van der Waals surface area contributed by atoms with Crippen LogP contribution in [0, 0.1) is 6.92 Å². The number of carbonyl (C=O) groups is 1. The highest BCUT2D eigenvalue weighted by molar-refractivity contribution is 7.92. The van der Waals surface area contributed by atoms with Crippen molar-refractivity contribution in [2.45, 2.75) is 11.8 Å². The van der Waals surface area contributed by atoms with Crippen molar-refractivity contribution >= 4 is 21.6 Å². The molecule has 2 rings (SSSR count). The molecule has 8 heteroatoms. The Balaban J connectivity index is 2.35. The van der Waals surface area contributed by atoms with Gasteiger partial charge in [-0.2, -0.15) is 0 Å². The highest BCUT2D eigenvalue weighted by Crippen LogP contribution is 2.27. The van der Waals surface area contributed by atoms with E-state index in [1.165, 1.54) is 7.11 Å². The molecule has 0 aliphatic carbocycles. The summed E-state index contributed by atoms with van der Waals surface area (Å²) >= 11 is 0. The zero-order valence-corrected chi connectivity index (χ0v) is 17.5. The normalized spacial score (nSPS) is 11.3. The zero-order chi connectivity index (χ0) is 20.7. The fourth-order valence-corrected chi connectivity index (χ4v) is 3.94. The van der Waals surface area contributed by atoms with E-state index in [2.05, 4.69) is 5.32 Å². The lowest BCUT2D eigenvalue weighted by Gasteiger charge is -2.24. The van der Waals surface area contributed by atoms with Crippen molar-refractivity contribution in [1.82, 2.24) is 10.2 Å². The first-order valence-electron chi connectivity index (χ1n) is 8.89. The summed E-state index contributed by atoms with van der Waals surface area (Å²) < 4.78 is 32.8. The smallest absolute Gasteiger partial charge is 0.264 e. The number of hydrogen-bond acceptors (Lipinski definition) is 5. The molecule has 0 heterocycles. The van der Waals surface area contributed by atoms with Crippen molar-refractivity contribution < 1.29 is 17.9 Å². The summed E-state index contributed by atoms with van der Waals surface area (Å²) in [4.78, 5) is 14.5. The van der Waals surface area contributed by atoms with Crippen LogP contribution in [0.1, 0.15) is 5.56 Å². The molecule has 2 aromatic rings. The molecule has 1 N–H and O–H groups in total. The average Bonchev–Trinajstić information content (AvgIpc) is 2.66. The van der Waals surface area contributed by atoms with E-state index in [4.69, 9.17) is 4.74 Å². The van der Waals surface area contributed by atoms with Gasteiger partial charge in [-0.15, -0.1) is 0 Å². The van der Waals surface area contributed by atoms with Crippen molar-refractivity contribution in [2.24, 2.45) is 0 Å². The summed E-state index contributed by atoms with van der Waals surface area (Å²) in [5, 5.41) is 2.76. The lowest BCUT2D eigenvalue weighted by Crippen LogP contribution is -2.42. The van der Waals surface area contributed by atoms with Gasteiger partial charge in [0.05, 0.1) is 17.7 Å². The molecule has 0 saturated carbocycles. The topological polar surface area (TPSA) is 79.0 Å². The Morgan fingerprint density at radius 2 is 1.79 bits per heavy atom. The second-order valence-electron chi connectivity index (χ2n) is 6.68. The summed E-state index contributed by atoms with van der Waals surface area (Å²) in [7, 11) is 1.38. The maximum absolute atomic E-state index is 13.3. The van der Waals surface area contributed by atoms with Gasteiger partial charge in [0.25, 0.3) is 10.0 Å². The number of likely N-dealkylation sites (N-methyl/N-ethyl adjacent to an activating group) is 1. The summed E-state index contributed by atoms with van der Waals surface area (Å²) in [6.07, 6.45) is 0. The van der Waals surface area contributed by atoms with Crippen LogP contribution in [0.4, 0.5) is 5.69 Å². The van der Waals surface area contributed by atoms with E-state index in [1.807, 2.05) is 25.9 Å². The third kappa shape index (κ3) is 5.71. The highest BCUT2D eigenvalue weighted by Gasteiger charge is 2.27. The predicted octanol–water partition coefficient (Wildman–Crippen LogP) is 1.88. The molecule has 0 bridgehead atoms. The number of ether oxygens (including phenoxy) is 1. The lowest BCUT2D eigenvalue weighted by atomic mass is 10.2. The third-order valence-corrected chi connectivity index (χ3v) is 5.91. The van der Waals surface area contributed by atoms with Gasteiger partial charge < -0.3 is 15.0 Å². The number of nitrogens with zero attached hydrogens (tertiary/aromatic N) is 2. The second kappa shape index (κ2) is 9.57. The molecule has 1 amide bonds. The molecule has 0 aromatic heterocycles. The number of aryl methyl sites for hydroxylation is 1. The van der Waals surface area contributed by atoms with Crippen LogP contribution in [0.15, 0.2) is 53.4 Å². The van der Waals surface area contributed by atoms with Gasteiger partial charge >= 0.3 is 0 Å². The Bertz CT molecular complexity index is 896. The largest absolute Gasteiger partial charge is 0.497 e. The number of rotatable bonds is 9. The van der Waals surface area contributed by atoms with Crippen molar-refractivity contribution in [3.8, 4) is 5.75 Å². The van der Waals surface area contributed by atoms with E-state index in [1.54, 1.807) is 48.5 Å². The van der Waals surface area contributed by atoms with Gasteiger partial charge in [0.1, 0.15) is 12.3 Å². The molecular weight excluding hydrogens is 378 g/mol. The minimum Gasteiger partial charge on any atom is -0.497 e. The van der Waals surface area contributed by atoms with Gasteiger partial charge in [-0.25, -0.2) is 8.42 Å². The predicted molar refractivity (Wildman–Crippen MR) is 110 cm³/mol. The Labute approximate surface area is 167 Å². The fourth-order valence-electron chi connectivity index (χ4n) is 2.52. The number of methoxy groups -OCH3 is 1. The number of hydrogen-bond donors (Lipinski definition) is 1. The molecule has 0 aliphatic rings. The first-order chi connectivity index (χ1) is 13.2. The Morgan fingerprint density at radius 3 is 2.39 bits per heavy atom. The molecule has 0 radical (unpaired) electrons. The molecule has 0 aliphatic heterocycles. The number of sulfonamides is 1. The monoisotopic (exact) mass is 405 g/mol. The van der Waals surface area contributed by atoms with E-state index in [0.29, 0.717) is 24.5 Å². The van der Waals surface area contributed by atoms with Crippen LogP contribution in [0.3, 0.4) is 0 Å². The summed E-state index contributed by atoms with van der Waals surface area (Å²) in [6, 6.07) is 13.2. The number of benzene rings is 2. The number of carbonyl (C=O) groups excluding carboxylic acids is 1. The summed E-state index contributed by atoms with van der Waals surface area (Å²) in [6.45, 7) is 2.66. The Morgan fingerprint density at radius 1 is 1.11 bits per heavy atom. The minimum absolute atomic E-state index is 0.127. The van der Waals surface area contributed by atoms with Crippen LogP contribution >= 0.6 is 0 Å². The molecule has 0 atom stereocenters. The van der Waals surface area contributed by atoms with E-state index in [-0.39, 0.29) is 17.3 Å². The molecule has 0 unspecified atom stereocenters. The highest BCUT2D eigenvalue weighted by atomic mass is 32.2. The van der Waals surface area contributed by atoms with Crippen molar-refractivity contribution in [3.05, 3.63) is 54.1 Å². The third-order valence-electron chi connectivity index (χ3n) is 4.12. The Kier molecular flexibility index (Phi) is 7.42. The maximum Gasteiger partial charge on any atom is 0.264 e. The van der Waals surface area contributed by atoms with Gasteiger partial charge in [0.15, 0.2) is 0 Å². The number of anilines is 1. The van der Waals surface area contributed by atoms with Gasteiger partial charge in [0, 0.05) is 19.2 Å². The fraction of sp³-hybridized carbons (Fsp3) is 0.350. The van der Waals surface area contributed by atoms with E-state index >= 15 is 0 Å². The molecule has 2 aromatic carbocycles. The van der Waals surface area contributed by atoms with Gasteiger partial charge in [0.2, 0.25) is 5.91 Å². The van der Waals surface area contributed by atoms with Crippen LogP contribution in [-0.4, -0.2) is 60.1 Å². The van der Waals surface area contributed by atoms with Crippen LogP contribution in [0.5, 0.6) is 5.75 Å². The SMILES string of the molecule is COc1cccc(N(CC(=O)NCCN(C)C)S(=O)(=O)c2ccc(C)cc2)c1. The van der Waals surface area contributed by atoms with Crippen LogP contribution < -0.4 is 14.4 Å². The van der Waals surface area contributed by atoms with E-state index in [0.717, 1.165) is 9.87 Å². The van der Waals surface area contributed by atoms with Crippen LogP contribution in [-0.2, 0) is 14.8 Å². The summed E-state index contributed by atoms with van der Waals surface area (Å²) in [5.74, 6) is 0.134. The van der Waals surface area contributed by atoms with Crippen LogP contribution in [0.25, 0.3) is 0 Å². The van der Waals surface area contributed by atoms with Gasteiger partial charge in [-0.3, -0.25) is 9.10 Å². The van der Waals surface area contributed by atoms with Gasteiger partial charge in [-0.05, 0) is 45.3 Å². The molecular formula is C20H27N3O4S. The van der Waals surface area contributed by atoms with Crippen molar-refractivity contribution in [3.63, 3.8) is 0 Å².